The highest BCUT2D eigenvalue weighted by molar-refractivity contribution is 5.69. The van der Waals surface area contributed by atoms with Crippen LogP contribution in [-0.2, 0) is 21.6 Å². The summed E-state index contributed by atoms with van der Waals surface area (Å²) < 4.78 is 40.5. The molecule has 0 aliphatic carbocycles. The molecule has 0 spiro atoms. The molecule has 168 valence electrons. The second kappa shape index (κ2) is 12.1. The molecule has 31 heavy (non-hydrogen) atoms. The van der Waals surface area contributed by atoms with Crippen molar-refractivity contribution in [3.05, 3.63) is 71.8 Å². The molecule has 0 saturated carbocycles. The van der Waals surface area contributed by atoms with Gasteiger partial charge in [-0.3, -0.25) is 4.79 Å². The highest BCUT2D eigenvalue weighted by Gasteiger charge is 2.13. The summed E-state index contributed by atoms with van der Waals surface area (Å²) in [4.78, 5) is 11.6. The van der Waals surface area contributed by atoms with Crippen LogP contribution in [-0.4, -0.2) is 19.2 Å². The molecule has 0 unspecified atom stereocenters. The fourth-order valence-electron chi connectivity index (χ4n) is 2.79. The summed E-state index contributed by atoms with van der Waals surface area (Å²) in [6.45, 7) is 7.19. The lowest BCUT2D eigenvalue weighted by molar-refractivity contribution is -0.144. The zero-order valence-corrected chi connectivity index (χ0v) is 18.3. The Kier molecular flexibility index (Phi) is 9.50. The lowest BCUT2D eigenvalue weighted by Crippen LogP contribution is -2.12. The SMILES string of the molecule is CC(C)(C)c1ccc(COc2ccccc2OCCOC(=O)CCCC=C(F)F)cc1. The first kappa shape index (κ1) is 24.4. The van der Waals surface area contributed by atoms with Crippen LogP contribution in [0, 0.1) is 0 Å². The maximum Gasteiger partial charge on any atom is 0.305 e. The van der Waals surface area contributed by atoms with E-state index in [4.69, 9.17) is 14.2 Å². The molecule has 0 radical (unpaired) electrons. The first-order valence-electron chi connectivity index (χ1n) is 10.4. The fraction of sp³-hybridized carbons (Fsp3) is 0.400. The molecule has 6 heteroatoms. The van der Waals surface area contributed by atoms with Gasteiger partial charge in [-0.15, -0.1) is 0 Å². The van der Waals surface area contributed by atoms with Crippen LogP contribution in [0.3, 0.4) is 0 Å². The van der Waals surface area contributed by atoms with Crippen molar-refractivity contribution in [2.45, 2.75) is 52.1 Å². The number of ether oxygens (including phenoxy) is 3. The Morgan fingerprint density at radius 1 is 0.935 bits per heavy atom. The molecule has 0 N–H and O–H groups in total. The molecule has 4 nitrogen and oxygen atoms in total. The van der Waals surface area contributed by atoms with Crippen molar-refractivity contribution in [1.82, 2.24) is 0 Å². The largest absolute Gasteiger partial charge is 0.486 e. The Morgan fingerprint density at radius 3 is 2.19 bits per heavy atom. The van der Waals surface area contributed by atoms with Crippen molar-refractivity contribution >= 4 is 5.97 Å². The summed E-state index contributed by atoms with van der Waals surface area (Å²) in [5.41, 5.74) is 2.42. The average Bonchev–Trinajstić information content (AvgIpc) is 2.73. The van der Waals surface area contributed by atoms with Crippen LogP contribution in [0.2, 0.25) is 0 Å². The lowest BCUT2D eigenvalue weighted by atomic mass is 9.87. The normalized spacial score (nSPS) is 11.0. The van der Waals surface area contributed by atoms with Gasteiger partial charge >= 0.3 is 5.97 Å². The van der Waals surface area contributed by atoms with Crippen LogP contribution in [0.25, 0.3) is 0 Å². The maximum atomic E-state index is 11.9. The smallest absolute Gasteiger partial charge is 0.305 e. The standard InChI is InChI=1S/C25H30F2O4/c1-25(2,3)20-14-12-19(13-15-20)18-31-22-9-5-4-8-21(22)29-16-17-30-24(28)11-7-6-10-23(26)27/h4-5,8-10,12-15H,6-7,11,16-18H2,1-3H3. The second-order valence-corrected chi connectivity index (χ2v) is 8.14. The predicted octanol–water partition coefficient (Wildman–Crippen LogP) is 6.44. The molecule has 0 aliphatic rings. The van der Waals surface area contributed by atoms with E-state index in [2.05, 4.69) is 45.0 Å². The third kappa shape index (κ3) is 9.20. The Morgan fingerprint density at radius 2 is 1.58 bits per heavy atom. The number of esters is 1. The van der Waals surface area contributed by atoms with E-state index in [1.165, 1.54) is 5.56 Å². The first-order valence-corrected chi connectivity index (χ1v) is 10.4. The van der Waals surface area contributed by atoms with E-state index in [1.807, 2.05) is 18.2 Å². The van der Waals surface area contributed by atoms with E-state index in [0.29, 0.717) is 24.5 Å². The molecular weight excluding hydrogens is 402 g/mol. The summed E-state index contributed by atoms with van der Waals surface area (Å²) in [7, 11) is 0. The maximum absolute atomic E-state index is 11.9. The Hall–Kier alpha value is -2.89. The highest BCUT2D eigenvalue weighted by Crippen LogP contribution is 2.28. The van der Waals surface area contributed by atoms with Crippen molar-refractivity contribution in [2.24, 2.45) is 0 Å². The van der Waals surface area contributed by atoms with Gasteiger partial charge < -0.3 is 14.2 Å². The van der Waals surface area contributed by atoms with Crippen LogP contribution in [0.4, 0.5) is 8.78 Å². The third-order valence-corrected chi connectivity index (χ3v) is 4.55. The Balaban J connectivity index is 1.76. The molecular formula is C25H30F2O4. The summed E-state index contributed by atoms with van der Waals surface area (Å²) in [6.07, 6.45) is -0.365. The van der Waals surface area contributed by atoms with Gasteiger partial charge in [0, 0.05) is 6.42 Å². The molecule has 0 amide bonds. The molecule has 0 heterocycles. The molecule has 0 fully saturated rings. The van der Waals surface area contributed by atoms with Crippen LogP contribution in [0.15, 0.2) is 60.7 Å². The van der Waals surface area contributed by atoms with Gasteiger partial charge in [0.1, 0.15) is 19.8 Å². The zero-order chi connectivity index (χ0) is 22.7. The summed E-state index contributed by atoms with van der Waals surface area (Å²) in [5.74, 6) is 0.738. The predicted molar refractivity (Wildman–Crippen MR) is 117 cm³/mol. The minimum atomic E-state index is -1.73. The van der Waals surface area contributed by atoms with Gasteiger partial charge in [0.05, 0.1) is 0 Å². The summed E-state index contributed by atoms with van der Waals surface area (Å²) in [5, 5.41) is 0. The van der Waals surface area contributed by atoms with Crippen molar-refractivity contribution in [1.29, 1.82) is 0 Å². The van der Waals surface area contributed by atoms with E-state index in [1.54, 1.807) is 6.07 Å². The Labute approximate surface area is 182 Å². The molecule has 2 aromatic carbocycles. The van der Waals surface area contributed by atoms with Crippen LogP contribution in [0.5, 0.6) is 11.5 Å². The number of carbonyl (C=O) groups excluding carboxylic acids is 1. The summed E-state index contributed by atoms with van der Waals surface area (Å²) in [6, 6.07) is 15.6. The quantitative estimate of drug-likeness (QED) is 0.303. The molecule has 2 rings (SSSR count). The van der Waals surface area contributed by atoms with Gasteiger partial charge in [-0.1, -0.05) is 57.2 Å². The number of rotatable bonds is 11. The number of halogens is 2. The number of unbranched alkanes of at least 4 members (excludes halogenated alkanes) is 1. The van der Waals surface area contributed by atoms with Gasteiger partial charge in [0.25, 0.3) is 6.08 Å². The number of benzene rings is 2. The molecule has 0 atom stereocenters. The van der Waals surface area contributed by atoms with E-state index in [9.17, 15) is 13.6 Å². The molecule has 0 aliphatic heterocycles. The van der Waals surface area contributed by atoms with E-state index >= 15 is 0 Å². The fourth-order valence-corrected chi connectivity index (χ4v) is 2.79. The van der Waals surface area contributed by atoms with Gasteiger partial charge in [0.2, 0.25) is 0 Å². The van der Waals surface area contributed by atoms with Crippen LogP contribution < -0.4 is 9.47 Å². The number of para-hydroxylation sites is 2. The van der Waals surface area contributed by atoms with Gasteiger partial charge in [-0.05, 0) is 47.6 Å². The molecule has 2 aromatic rings. The number of hydrogen-bond donors (Lipinski definition) is 0. The van der Waals surface area contributed by atoms with E-state index in [-0.39, 0.29) is 31.5 Å². The molecule has 0 saturated heterocycles. The zero-order valence-electron chi connectivity index (χ0n) is 18.3. The monoisotopic (exact) mass is 432 g/mol. The average molecular weight is 433 g/mol. The van der Waals surface area contributed by atoms with Gasteiger partial charge in [-0.25, -0.2) is 0 Å². The summed E-state index contributed by atoms with van der Waals surface area (Å²) >= 11 is 0. The van der Waals surface area contributed by atoms with E-state index in [0.717, 1.165) is 11.6 Å². The van der Waals surface area contributed by atoms with Crippen molar-refractivity contribution in [3.8, 4) is 11.5 Å². The third-order valence-electron chi connectivity index (χ3n) is 4.55. The topological polar surface area (TPSA) is 44.8 Å². The van der Waals surface area contributed by atoms with Crippen molar-refractivity contribution in [3.63, 3.8) is 0 Å². The van der Waals surface area contributed by atoms with Gasteiger partial charge in [-0.2, -0.15) is 8.78 Å². The second-order valence-electron chi connectivity index (χ2n) is 8.14. The van der Waals surface area contributed by atoms with E-state index < -0.39 is 12.0 Å². The minimum Gasteiger partial charge on any atom is -0.486 e. The number of hydrogen-bond acceptors (Lipinski definition) is 4. The number of carbonyl (C=O) groups is 1. The van der Waals surface area contributed by atoms with Gasteiger partial charge in [0.15, 0.2) is 11.5 Å². The number of allylic oxidation sites excluding steroid dienone is 1. The van der Waals surface area contributed by atoms with Crippen LogP contribution >= 0.6 is 0 Å². The van der Waals surface area contributed by atoms with Crippen molar-refractivity contribution in [2.75, 3.05) is 13.2 Å². The molecule has 0 bridgehead atoms. The highest BCUT2D eigenvalue weighted by atomic mass is 19.3. The lowest BCUT2D eigenvalue weighted by Gasteiger charge is -2.19. The van der Waals surface area contributed by atoms with Crippen molar-refractivity contribution < 1.29 is 27.8 Å². The first-order chi connectivity index (χ1) is 14.8. The Bertz CT molecular complexity index is 851. The van der Waals surface area contributed by atoms with Crippen LogP contribution in [0.1, 0.15) is 51.2 Å². The molecule has 0 aromatic heterocycles. The minimum absolute atomic E-state index is 0.0781.